The van der Waals surface area contributed by atoms with Gasteiger partial charge in [-0.3, -0.25) is 15.1 Å². The summed E-state index contributed by atoms with van der Waals surface area (Å²) in [4.78, 5) is 14.7. The number of nitro groups is 1. The zero-order chi connectivity index (χ0) is 15.8. The van der Waals surface area contributed by atoms with Crippen LogP contribution in [-0.4, -0.2) is 17.9 Å². The van der Waals surface area contributed by atoms with Gasteiger partial charge in [0, 0.05) is 31.8 Å². The molecule has 0 aliphatic carbocycles. The van der Waals surface area contributed by atoms with E-state index in [9.17, 15) is 10.1 Å². The van der Waals surface area contributed by atoms with Crippen molar-refractivity contribution in [1.82, 2.24) is 10.6 Å². The summed E-state index contributed by atoms with van der Waals surface area (Å²) in [5.74, 6) is 0.599. The topological polar surface area (TPSA) is 79.6 Å². The molecule has 6 heteroatoms. The van der Waals surface area contributed by atoms with Crippen LogP contribution < -0.4 is 10.6 Å². The number of nitrogens with zero attached hydrogens (tertiary/aromatic N) is 2. The van der Waals surface area contributed by atoms with Gasteiger partial charge in [-0.1, -0.05) is 48.5 Å². The molecule has 2 aromatic rings. The number of hydrogen-bond acceptors (Lipinski definition) is 3. The normalized spacial score (nSPS) is 11.0. The molecule has 6 nitrogen and oxygen atoms in total. The summed E-state index contributed by atoms with van der Waals surface area (Å²) in [7, 11) is 1.67. The second-order valence-corrected chi connectivity index (χ2v) is 4.65. The van der Waals surface area contributed by atoms with Gasteiger partial charge in [-0.05, 0) is 5.56 Å². The lowest BCUT2D eigenvalue weighted by Crippen LogP contribution is -2.36. The molecule has 114 valence electrons. The van der Waals surface area contributed by atoms with Crippen molar-refractivity contribution >= 4 is 11.6 Å². The second-order valence-electron chi connectivity index (χ2n) is 4.65. The van der Waals surface area contributed by atoms with Gasteiger partial charge in [-0.2, -0.15) is 0 Å². The number of rotatable bonds is 5. The van der Waals surface area contributed by atoms with Crippen LogP contribution >= 0.6 is 0 Å². The standard InChI is InChI=1S/C16H18N4O2/c1-17-16(18-11-13-7-3-2-4-8-13)19-12-14-9-5-6-10-15(14)20(21)22/h2-10H,11-12H2,1H3,(H2,17,18,19). The summed E-state index contributed by atoms with van der Waals surface area (Å²) >= 11 is 0. The summed E-state index contributed by atoms with van der Waals surface area (Å²) in [6, 6.07) is 16.6. The van der Waals surface area contributed by atoms with E-state index >= 15 is 0 Å². The van der Waals surface area contributed by atoms with Crippen molar-refractivity contribution in [2.45, 2.75) is 13.1 Å². The van der Waals surface area contributed by atoms with Crippen LogP contribution in [0, 0.1) is 10.1 Å². The first-order chi connectivity index (χ1) is 10.7. The average Bonchev–Trinajstić information content (AvgIpc) is 2.56. The molecule has 0 aliphatic rings. The maximum Gasteiger partial charge on any atom is 0.274 e. The Kier molecular flexibility index (Phi) is 5.48. The summed E-state index contributed by atoms with van der Waals surface area (Å²) in [6.45, 7) is 0.975. The first kappa shape index (κ1) is 15.5. The predicted molar refractivity (Wildman–Crippen MR) is 86.6 cm³/mol. The summed E-state index contributed by atoms with van der Waals surface area (Å²) < 4.78 is 0. The van der Waals surface area contributed by atoms with Gasteiger partial charge in [-0.15, -0.1) is 0 Å². The fourth-order valence-corrected chi connectivity index (χ4v) is 2.02. The van der Waals surface area contributed by atoms with Crippen LogP contribution in [0.2, 0.25) is 0 Å². The zero-order valence-corrected chi connectivity index (χ0v) is 12.3. The fraction of sp³-hybridized carbons (Fsp3) is 0.188. The van der Waals surface area contributed by atoms with Crippen molar-refractivity contribution in [3.8, 4) is 0 Å². The van der Waals surface area contributed by atoms with Gasteiger partial charge < -0.3 is 10.6 Å². The number of nitrogens with one attached hydrogen (secondary N) is 2. The zero-order valence-electron chi connectivity index (χ0n) is 12.3. The molecule has 0 heterocycles. The first-order valence-corrected chi connectivity index (χ1v) is 6.91. The Hall–Kier alpha value is -2.89. The molecule has 0 atom stereocenters. The smallest absolute Gasteiger partial charge is 0.274 e. The number of nitro benzene ring substituents is 1. The van der Waals surface area contributed by atoms with Crippen LogP contribution in [0.25, 0.3) is 0 Å². The Bertz CT molecular complexity index is 656. The first-order valence-electron chi connectivity index (χ1n) is 6.91. The molecule has 0 saturated heterocycles. The van der Waals surface area contributed by atoms with Crippen molar-refractivity contribution in [3.05, 3.63) is 75.8 Å². The number of aliphatic imine (C=N–C) groups is 1. The van der Waals surface area contributed by atoms with Crippen LogP contribution in [0.15, 0.2) is 59.6 Å². The molecule has 22 heavy (non-hydrogen) atoms. The van der Waals surface area contributed by atoms with Crippen LogP contribution in [0.5, 0.6) is 0 Å². The summed E-state index contributed by atoms with van der Waals surface area (Å²) in [5.41, 5.74) is 1.86. The summed E-state index contributed by atoms with van der Waals surface area (Å²) in [6.07, 6.45) is 0. The van der Waals surface area contributed by atoms with Crippen LogP contribution in [-0.2, 0) is 13.1 Å². The lowest BCUT2D eigenvalue weighted by Gasteiger charge is -2.12. The minimum absolute atomic E-state index is 0.105. The van der Waals surface area contributed by atoms with Gasteiger partial charge in [0.25, 0.3) is 5.69 Å². The highest BCUT2D eigenvalue weighted by molar-refractivity contribution is 5.79. The molecule has 0 unspecified atom stereocenters. The highest BCUT2D eigenvalue weighted by atomic mass is 16.6. The van der Waals surface area contributed by atoms with Gasteiger partial charge in [0.05, 0.1) is 4.92 Å². The van der Waals surface area contributed by atoms with Crippen molar-refractivity contribution in [3.63, 3.8) is 0 Å². The quantitative estimate of drug-likeness (QED) is 0.384. The maximum atomic E-state index is 11.0. The maximum absolute atomic E-state index is 11.0. The third kappa shape index (κ3) is 4.31. The van der Waals surface area contributed by atoms with E-state index in [-0.39, 0.29) is 10.6 Å². The number of guanidine groups is 1. The minimum atomic E-state index is -0.378. The van der Waals surface area contributed by atoms with Crippen molar-refractivity contribution in [2.75, 3.05) is 7.05 Å². The summed E-state index contributed by atoms with van der Waals surface area (Å²) in [5, 5.41) is 17.2. The Morgan fingerprint density at radius 2 is 1.68 bits per heavy atom. The SMILES string of the molecule is CN=C(NCc1ccccc1)NCc1ccccc1[N+](=O)[O-]. The molecule has 0 bridgehead atoms. The van der Waals surface area contributed by atoms with Gasteiger partial charge in [0.2, 0.25) is 0 Å². The van der Waals surface area contributed by atoms with E-state index in [0.717, 1.165) is 5.56 Å². The Morgan fingerprint density at radius 1 is 1.05 bits per heavy atom. The van der Waals surface area contributed by atoms with Crippen LogP contribution in [0.4, 0.5) is 5.69 Å². The van der Waals surface area contributed by atoms with Gasteiger partial charge in [-0.25, -0.2) is 0 Å². The molecule has 0 fully saturated rings. The molecule has 2 rings (SSSR count). The van der Waals surface area contributed by atoms with Gasteiger partial charge in [0.1, 0.15) is 0 Å². The van der Waals surface area contributed by atoms with Crippen molar-refractivity contribution < 1.29 is 4.92 Å². The average molecular weight is 298 g/mol. The Balaban J connectivity index is 1.93. The lowest BCUT2D eigenvalue weighted by molar-refractivity contribution is -0.385. The van der Waals surface area contributed by atoms with E-state index in [4.69, 9.17) is 0 Å². The number of para-hydroxylation sites is 1. The highest BCUT2D eigenvalue weighted by Gasteiger charge is 2.12. The molecule has 0 saturated carbocycles. The van der Waals surface area contributed by atoms with E-state index in [1.807, 2.05) is 30.3 Å². The monoisotopic (exact) mass is 298 g/mol. The lowest BCUT2D eigenvalue weighted by atomic mass is 10.2. The molecule has 0 aliphatic heterocycles. The third-order valence-corrected chi connectivity index (χ3v) is 3.16. The molecule has 2 aromatic carbocycles. The Morgan fingerprint density at radius 3 is 2.36 bits per heavy atom. The molecule has 2 N–H and O–H groups in total. The second kappa shape index (κ2) is 7.78. The van der Waals surface area contributed by atoms with E-state index in [1.165, 1.54) is 6.07 Å². The third-order valence-electron chi connectivity index (χ3n) is 3.16. The molecule has 0 spiro atoms. The van der Waals surface area contributed by atoms with E-state index in [1.54, 1.807) is 25.2 Å². The number of hydrogen-bond donors (Lipinski definition) is 2. The van der Waals surface area contributed by atoms with Crippen molar-refractivity contribution in [1.29, 1.82) is 0 Å². The molecule has 0 radical (unpaired) electrons. The molecular weight excluding hydrogens is 280 g/mol. The van der Waals surface area contributed by atoms with Crippen molar-refractivity contribution in [2.24, 2.45) is 4.99 Å². The molecular formula is C16H18N4O2. The Labute approximate surface area is 129 Å². The van der Waals surface area contributed by atoms with Crippen LogP contribution in [0.1, 0.15) is 11.1 Å². The van der Waals surface area contributed by atoms with Crippen LogP contribution in [0.3, 0.4) is 0 Å². The van der Waals surface area contributed by atoms with Gasteiger partial charge in [0.15, 0.2) is 5.96 Å². The predicted octanol–water partition coefficient (Wildman–Crippen LogP) is 2.46. The largest absolute Gasteiger partial charge is 0.352 e. The van der Waals surface area contributed by atoms with Gasteiger partial charge >= 0.3 is 0 Å². The number of benzene rings is 2. The molecule has 0 aromatic heterocycles. The highest BCUT2D eigenvalue weighted by Crippen LogP contribution is 2.16. The molecule has 0 amide bonds. The van der Waals surface area contributed by atoms with E-state index in [2.05, 4.69) is 15.6 Å². The van der Waals surface area contributed by atoms with E-state index < -0.39 is 0 Å². The fourth-order valence-electron chi connectivity index (χ4n) is 2.02. The minimum Gasteiger partial charge on any atom is -0.352 e. The van der Waals surface area contributed by atoms with E-state index in [0.29, 0.717) is 24.6 Å².